The number of carbonyl (C=O) groups is 3. The largest absolute Gasteiger partial charge is 0.497 e. The van der Waals surface area contributed by atoms with Crippen LogP contribution in [-0.4, -0.2) is 111 Å². The number of amides is 3. The van der Waals surface area contributed by atoms with E-state index < -0.39 is 5.60 Å². The van der Waals surface area contributed by atoms with Gasteiger partial charge >= 0.3 is 12.2 Å². The number of benzene rings is 8. The van der Waals surface area contributed by atoms with Crippen molar-refractivity contribution in [1.82, 2.24) is 20.0 Å². The molecule has 11 atom stereocenters. The Morgan fingerprint density at radius 2 is 0.909 bits per heavy atom. The minimum absolute atomic E-state index is 0.192. The van der Waals surface area contributed by atoms with E-state index in [1.54, 1.807) is 48.9 Å². The molecule has 2 N–H and O–H groups in total. The zero-order chi connectivity index (χ0) is 68.3. The van der Waals surface area contributed by atoms with E-state index in [4.69, 9.17) is 18.9 Å². The first-order valence-electron chi connectivity index (χ1n) is 35.3. The molecule has 14 heteroatoms. The highest BCUT2D eigenvalue weighted by Gasteiger charge is 2.50. The van der Waals surface area contributed by atoms with Crippen molar-refractivity contribution in [2.75, 3.05) is 66.6 Å². The number of rotatable bonds is 13. The summed E-state index contributed by atoms with van der Waals surface area (Å²) in [6.07, 6.45) is 11.6. The first kappa shape index (κ1) is 69.3. The van der Waals surface area contributed by atoms with Gasteiger partial charge < -0.3 is 44.1 Å². The van der Waals surface area contributed by atoms with E-state index >= 15 is 0 Å². The van der Waals surface area contributed by atoms with Crippen LogP contribution < -0.4 is 14.8 Å². The van der Waals surface area contributed by atoms with E-state index in [1.165, 1.54) is 61.6 Å². The zero-order valence-electron chi connectivity index (χ0n) is 57.0. The predicted octanol–water partition coefficient (Wildman–Crippen LogP) is 15.9. The average molecular weight is 1330 g/mol. The lowest BCUT2D eigenvalue weighted by atomic mass is 9.90. The van der Waals surface area contributed by atoms with Gasteiger partial charge in [0, 0.05) is 39.3 Å². The monoisotopic (exact) mass is 1330 g/mol. The van der Waals surface area contributed by atoms with Gasteiger partial charge in [0.25, 0.3) is 0 Å². The second-order valence-corrected chi connectivity index (χ2v) is 28.0. The second kappa shape index (κ2) is 33.8. The normalized spacial score (nSPS) is 24.8. The number of methoxy groups -OCH3 is 2. The van der Waals surface area contributed by atoms with E-state index in [0.717, 1.165) is 84.1 Å². The summed E-state index contributed by atoms with van der Waals surface area (Å²) in [5.41, 5.74) is 9.65. The topological polar surface area (TPSA) is 160 Å². The molecule has 8 aliphatic rings. The Labute approximate surface area is 583 Å². The molecule has 8 aromatic carbocycles. The second-order valence-electron chi connectivity index (χ2n) is 28.0. The molecule has 512 valence electrons. The molecule has 3 amide bonds. The summed E-state index contributed by atoms with van der Waals surface area (Å²) in [7, 11) is 3.24. The maximum atomic E-state index is 12.6. The molecule has 4 aliphatic heterocycles. The Morgan fingerprint density at radius 1 is 0.485 bits per heavy atom. The minimum Gasteiger partial charge on any atom is -0.497 e. The number of nitrogens with zero attached hydrogens (tertiary/aromatic N) is 4. The van der Waals surface area contributed by atoms with Crippen molar-refractivity contribution in [3.05, 3.63) is 276 Å². The van der Waals surface area contributed by atoms with Crippen molar-refractivity contribution in [3.8, 4) is 11.5 Å². The van der Waals surface area contributed by atoms with Crippen LogP contribution in [0.4, 0.5) is 15.3 Å². The van der Waals surface area contributed by atoms with Crippen LogP contribution in [0.3, 0.4) is 0 Å². The molecule has 0 bridgehead atoms. The van der Waals surface area contributed by atoms with Crippen molar-refractivity contribution in [2.24, 2.45) is 52.3 Å². The Hall–Kier alpha value is -9.59. The number of allylic oxidation sites excluding steroid dienone is 1. The number of isocyanates is 1. The highest BCUT2D eigenvalue weighted by Crippen LogP contribution is 2.50. The third-order valence-corrected chi connectivity index (χ3v) is 21.6. The lowest BCUT2D eigenvalue weighted by molar-refractivity contribution is -0.129. The summed E-state index contributed by atoms with van der Waals surface area (Å²) in [6.45, 7) is 7.95. The molecule has 7 fully saturated rings. The minimum atomic E-state index is -0.753. The average Bonchev–Trinajstić information content (AvgIpc) is 1.68. The maximum Gasteiger partial charge on any atom is 0.410 e. The third-order valence-electron chi connectivity index (χ3n) is 21.6. The molecule has 4 heterocycles. The molecule has 16 rings (SSSR count). The van der Waals surface area contributed by atoms with Gasteiger partial charge in [-0.3, -0.25) is 4.79 Å². The van der Waals surface area contributed by atoms with Crippen LogP contribution in [0.1, 0.15) is 95.7 Å². The van der Waals surface area contributed by atoms with Crippen molar-refractivity contribution in [1.29, 1.82) is 0 Å². The van der Waals surface area contributed by atoms with Crippen molar-refractivity contribution in [2.45, 2.75) is 82.0 Å². The van der Waals surface area contributed by atoms with Gasteiger partial charge in [0.05, 0.1) is 31.9 Å². The van der Waals surface area contributed by atoms with Crippen LogP contribution in [0, 0.1) is 47.3 Å². The molecule has 0 radical (unpaired) electrons. The summed E-state index contributed by atoms with van der Waals surface area (Å²) in [6, 6.07) is 76.5. The molecule has 3 saturated carbocycles. The smallest absolute Gasteiger partial charge is 0.410 e. The van der Waals surface area contributed by atoms with E-state index in [0.29, 0.717) is 92.7 Å². The molecule has 99 heavy (non-hydrogen) atoms. The molecule has 4 saturated heterocycles. The van der Waals surface area contributed by atoms with E-state index in [1.807, 2.05) is 126 Å². The Kier molecular flexibility index (Phi) is 23.7. The van der Waals surface area contributed by atoms with Crippen LogP contribution >= 0.6 is 0 Å². The Bertz CT molecular complexity index is 3900. The van der Waals surface area contributed by atoms with E-state index in [9.17, 15) is 24.3 Å². The van der Waals surface area contributed by atoms with Gasteiger partial charge in [-0.25, -0.2) is 14.4 Å². The van der Waals surface area contributed by atoms with Crippen molar-refractivity contribution >= 4 is 35.4 Å². The SMILES string of the molecule is COc1ccc(CC(=O)N2C[C@H]3CC(c4ccccc4)C[C@H]3C2)cc1.COc1ccc(N=C=O)cc1.O=C(OCc1ccccc1)N1C[C@@H]2CC(O)(c3ccccc3)C[C@@H]2C1.O=C(OCc1ccccc1)N1C[C@@H]2CC(c3ccccc3)=C[C@@H]2C1.c1ccc(C2C[C@H]3CNC[C@H]3C2)cc1. The van der Waals surface area contributed by atoms with Gasteiger partial charge in [-0.05, 0) is 198 Å². The molecule has 4 aliphatic carbocycles. The van der Waals surface area contributed by atoms with Crippen molar-refractivity contribution in [3.63, 3.8) is 0 Å². The van der Waals surface area contributed by atoms with E-state index in [2.05, 4.69) is 106 Å². The Morgan fingerprint density at radius 3 is 1.38 bits per heavy atom. The highest BCUT2D eigenvalue weighted by atomic mass is 16.6. The first-order valence-corrected chi connectivity index (χ1v) is 35.3. The van der Waals surface area contributed by atoms with E-state index in [-0.39, 0.29) is 18.1 Å². The van der Waals surface area contributed by atoms with Gasteiger partial charge in [-0.1, -0.05) is 200 Å². The molecule has 8 aromatic rings. The first-order chi connectivity index (χ1) is 48.5. The zero-order valence-corrected chi connectivity index (χ0v) is 57.0. The number of aliphatic hydroxyl groups is 1. The fourth-order valence-electron chi connectivity index (χ4n) is 16.4. The maximum absolute atomic E-state index is 12.6. The summed E-state index contributed by atoms with van der Waals surface area (Å²) in [5, 5.41) is 14.5. The lowest BCUT2D eigenvalue weighted by Gasteiger charge is -2.26. The molecule has 3 unspecified atom stereocenters. The van der Waals surface area contributed by atoms with Crippen LogP contribution in [0.2, 0.25) is 0 Å². The van der Waals surface area contributed by atoms with Gasteiger partial charge in [-0.15, -0.1) is 0 Å². The van der Waals surface area contributed by atoms with Crippen LogP contribution in [0.5, 0.6) is 11.5 Å². The molecular weight excluding hydrogens is 1230 g/mol. The summed E-state index contributed by atoms with van der Waals surface area (Å²) >= 11 is 0. The number of fused-ring (bicyclic) bond motifs is 4. The lowest BCUT2D eigenvalue weighted by Crippen LogP contribution is -2.32. The van der Waals surface area contributed by atoms with Gasteiger partial charge in [-0.2, -0.15) is 4.99 Å². The summed E-state index contributed by atoms with van der Waals surface area (Å²) in [5.74, 6) is 8.29. The number of likely N-dealkylation sites (tertiary alicyclic amines) is 3. The Balaban J connectivity index is 0.000000121. The number of carbonyl (C=O) groups excluding carboxylic acids is 4. The highest BCUT2D eigenvalue weighted by molar-refractivity contribution is 5.79. The third kappa shape index (κ3) is 18.4. The fraction of sp³-hybridized carbons (Fsp3) is 0.365. The van der Waals surface area contributed by atoms with Crippen molar-refractivity contribution < 1.29 is 43.2 Å². The number of hydrogen-bond acceptors (Lipinski definition) is 11. The predicted molar refractivity (Wildman–Crippen MR) is 387 cm³/mol. The molecular formula is C85H93N5O9. The van der Waals surface area contributed by atoms with Crippen LogP contribution in [0.25, 0.3) is 5.57 Å². The molecule has 0 aromatic heterocycles. The van der Waals surface area contributed by atoms with Gasteiger partial charge in [0.1, 0.15) is 24.7 Å². The number of nitrogens with one attached hydrogen (secondary N) is 1. The van der Waals surface area contributed by atoms with Crippen LogP contribution in [0.15, 0.2) is 242 Å². The number of aliphatic imine (C=N–C) groups is 1. The quantitative estimate of drug-likeness (QED) is 0.0840. The standard InChI is InChI=1S/C22H25NO2.C21H23NO3.C21H21NO2.C13H17N.C8H7NO2/c1-25-21-9-7-16(8-10-21)11-22(24)23-14-19-12-18(13-20(19)15-23)17-5-3-2-4-6-17;23-20(25-15-16-7-3-1-4-8-16)22-13-17-11-21(24,12-18(17)14-22)19-9-5-2-6-10-19;23-21(24-15-16-7-3-1-4-8-16)22-13-19-11-18(12-20(19)14-22)17-9-5-2-6-10-17;1-2-4-10(5-3-1)11-6-12-8-14-9-13(12)7-11;1-11-8-4-2-7(3-5-8)9-6-10/h2-10,18-20H,11-15H2,1H3;1-10,17-18,24H,11-15H2;1-11,19-20H,12-15H2;1-5,11-14H,6-9H2;2-5H,1H3/t18?,19-,20+;17-,18+,21?;19-,20+;11?,12-,13+;/m..1../s1. The molecule has 0 spiro atoms. The summed E-state index contributed by atoms with van der Waals surface area (Å²) in [4.78, 5) is 56.2. The van der Waals surface area contributed by atoms with Gasteiger partial charge in [0.2, 0.25) is 12.0 Å². The molecule has 14 nitrogen and oxygen atoms in total. The number of hydrogen-bond donors (Lipinski definition) is 2. The summed E-state index contributed by atoms with van der Waals surface area (Å²) < 4.78 is 21.0. The fourth-order valence-corrected chi connectivity index (χ4v) is 16.4. The number of ether oxygens (including phenoxy) is 4. The van der Waals surface area contributed by atoms with Crippen LogP contribution in [-0.2, 0) is 44.3 Å². The van der Waals surface area contributed by atoms with Gasteiger partial charge in [0.15, 0.2) is 0 Å².